The summed E-state index contributed by atoms with van der Waals surface area (Å²) in [6.07, 6.45) is -6.11. The maximum absolute atomic E-state index is 12.9. The zero-order chi connectivity index (χ0) is 17.9. The molecule has 24 heavy (non-hydrogen) atoms. The SMILES string of the molecule is O=C(NCC(O)c1ccccc1C(F)(F)F)c1cc(Cl)cc(Cl)c1. The van der Waals surface area contributed by atoms with Gasteiger partial charge in [0.15, 0.2) is 0 Å². The molecule has 0 saturated heterocycles. The summed E-state index contributed by atoms with van der Waals surface area (Å²) in [7, 11) is 0. The summed E-state index contributed by atoms with van der Waals surface area (Å²) in [4.78, 5) is 12.0. The van der Waals surface area contributed by atoms with E-state index in [1.807, 2.05) is 0 Å². The van der Waals surface area contributed by atoms with Crippen molar-refractivity contribution in [3.8, 4) is 0 Å². The molecule has 2 rings (SSSR count). The van der Waals surface area contributed by atoms with Crippen LogP contribution in [0.1, 0.15) is 27.6 Å². The number of nitrogens with one attached hydrogen (secondary N) is 1. The number of alkyl halides is 3. The zero-order valence-electron chi connectivity index (χ0n) is 12.1. The van der Waals surface area contributed by atoms with Gasteiger partial charge in [0.05, 0.1) is 11.7 Å². The molecule has 1 unspecified atom stereocenters. The van der Waals surface area contributed by atoms with Crippen LogP contribution in [0.25, 0.3) is 0 Å². The van der Waals surface area contributed by atoms with Crippen molar-refractivity contribution in [1.82, 2.24) is 5.32 Å². The second kappa shape index (κ2) is 7.42. The Balaban J connectivity index is 2.11. The molecule has 0 aromatic heterocycles. The fourth-order valence-electron chi connectivity index (χ4n) is 2.13. The van der Waals surface area contributed by atoms with Crippen LogP contribution >= 0.6 is 23.2 Å². The van der Waals surface area contributed by atoms with E-state index in [-0.39, 0.29) is 21.2 Å². The van der Waals surface area contributed by atoms with Crippen molar-refractivity contribution >= 4 is 29.1 Å². The highest BCUT2D eigenvalue weighted by atomic mass is 35.5. The first-order valence-corrected chi connectivity index (χ1v) is 7.52. The standard InChI is InChI=1S/C16H12Cl2F3NO2/c17-10-5-9(6-11(18)7-10)15(24)22-8-14(23)12-3-1-2-4-13(12)16(19,20)21/h1-7,14,23H,8H2,(H,22,24). The molecule has 0 aliphatic heterocycles. The first-order valence-electron chi connectivity index (χ1n) is 6.77. The van der Waals surface area contributed by atoms with Crippen molar-refractivity contribution in [2.45, 2.75) is 12.3 Å². The van der Waals surface area contributed by atoms with Crippen LogP contribution in [-0.4, -0.2) is 17.6 Å². The minimum absolute atomic E-state index is 0.142. The molecule has 0 fully saturated rings. The van der Waals surface area contributed by atoms with Gasteiger partial charge in [0, 0.05) is 22.2 Å². The minimum atomic E-state index is -4.60. The van der Waals surface area contributed by atoms with Crippen LogP contribution in [0.5, 0.6) is 0 Å². The Morgan fingerprint density at radius 3 is 2.29 bits per heavy atom. The lowest BCUT2D eigenvalue weighted by Crippen LogP contribution is -2.29. The van der Waals surface area contributed by atoms with Gasteiger partial charge in [-0.05, 0) is 29.8 Å². The maximum atomic E-state index is 12.9. The predicted molar refractivity (Wildman–Crippen MR) is 85.2 cm³/mol. The molecule has 1 amide bonds. The van der Waals surface area contributed by atoms with Gasteiger partial charge in [-0.15, -0.1) is 0 Å². The third kappa shape index (κ3) is 4.63. The van der Waals surface area contributed by atoms with Gasteiger partial charge in [-0.25, -0.2) is 0 Å². The van der Waals surface area contributed by atoms with E-state index >= 15 is 0 Å². The van der Waals surface area contributed by atoms with Crippen LogP contribution in [0.3, 0.4) is 0 Å². The number of halogens is 5. The summed E-state index contributed by atoms with van der Waals surface area (Å²) < 4.78 is 38.8. The van der Waals surface area contributed by atoms with Gasteiger partial charge in [-0.3, -0.25) is 4.79 Å². The highest BCUT2D eigenvalue weighted by Gasteiger charge is 2.34. The van der Waals surface area contributed by atoms with E-state index in [1.165, 1.54) is 30.3 Å². The first-order chi connectivity index (χ1) is 11.2. The molecule has 0 radical (unpaired) electrons. The predicted octanol–water partition coefficient (Wildman–Crippen LogP) is 4.48. The molecule has 8 heteroatoms. The molecule has 2 aromatic rings. The van der Waals surface area contributed by atoms with E-state index in [0.717, 1.165) is 12.1 Å². The second-order valence-corrected chi connectivity index (χ2v) is 5.84. The molecule has 2 aromatic carbocycles. The number of carbonyl (C=O) groups is 1. The molecule has 0 aliphatic carbocycles. The Bertz CT molecular complexity index is 730. The van der Waals surface area contributed by atoms with E-state index in [2.05, 4.69) is 5.32 Å². The maximum Gasteiger partial charge on any atom is 0.416 e. The summed E-state index contributed by atoms with van der Waals surface area (Å²) >= 11 is 11.6. The number of hydrogen-bond donors (Lipinski definition) is 2. The Morgan fingerprint density at radius 1 is 1.12 bits per heavy atom. The summed E-state index contributed by atoms with van der Waals surface area (Å²) in [5.74, 6) is -0.608. The molecule has 0 spiro atoms. The van der Waals surface area contributed by atoms with E-state index in [9.17, 15) is 23.1 Å². The van der Waals surface area contributed by atoms with Crippen molar-refractivity contribution in [1.29, 1.82) is 0 Å². The van der Waals surface area contributed by atoms with Gasteiger partial charge in [-0.2, -0.15) is 13.2 Å². The van der Waals surface area contributed by atoms with Crippen molar-refractivity contribution < 1.29 is 23.1 Å². The largest absolute Gasteiger partial charge is 0.416 e. The van der Waals surface area contributed by atoms with Gasteiger partial charge in [0.1, 0.15) is 0 Å². The third-order valence-corrected chi connectivity index (χ3v) is 3.64. The fourth-order valence-corrected chi connectivity index (χ4v) is 2.66. The van der Waals surface area contributed by atoms with Crippen LogP contribution in [0.4, 0.5) is 13.2 Å². The monoisotopic (exact) mass is 377 g/mol. The number of aliphatic hydroxyl groups excluding tert-OH is 1. The number of carbonyl (C=O) groups excluding carboxylic acids is 1. The Morgan fingerprint density at radius 2 is 1.71 bits per heavy atom. The zero-order valence-corrected chi connectivity index (χ0v) is 13.6. The van der Waals surface area contributed by atoms with Crippen LogP contribution in [-0.2, 0) is 6.18 Å². The Labute approximate surface area is 146 Å². The Kier molecular flexibility index (Phi) is 5.74. The Hall–Kier alpha value is -1.76. The third-order valence-electron chi connectivity index (χ3n) is 3.21. The molecule has 2 N–H and O–H groups in total. The lowest BCUT2D eigenvalue weighted by molar-refractivity contribution is -0.139. The molecular weight excluding hydrogens is 366 g/mol. The topological polar surface area (TPSA) is 49.3 Å². The van der Waals surface area contributed by atoms with Crippen LogP contribution in [0.2, 0.25) is 10.0 Å². The highest BCUT2D eigenvalue weighted by molar-refractivity contribution is 6.35. The van der Waals surface area contributed by atoms with E-state index < -0.39 is 30.3 Å². The average Bonchev–Trinajstić information content (AvgIpc) is 2.50. The second-order valence-electron chi connectivity index (χ2n) is 4.97. The molecule has 0 saturated carbocycles. The van der Waals surface area contributed by atoms with Gasteiger partial charge < -0.3 is 10.4 Å². The van der Waals surface area contributed by atoms with Crippen LogP contribution < -0.4 is 5.32 Å². The summed E-state index contributed by atoms with van der Waals surface area (Å²) in [6.45, 7) is -0.393. The molecular formula is C16H12Cl2F3NO2. The minimum Gasteiger partial charge on any atom is -0.387 e. The highest BCUT2D eigenvalue weighted by Crippen LogP contribution is 2.34. The molecule has 128 valence electrons. The fraction of sp³-hybridized carbons (Fsp3) is 0.188. The van der Waals surface area contributed by atoms with Gasteiger partial charge >= 0.3 is 6.18 Å². The normalized spacial score (nSPS) is 12.8. The summed E-state index contributed by atoms with van der Waals surface area (Å²) in [6, 6.07) is 8.80. The lowest BCUT2D eigenvalue weighted by atomic mass is 10.0. The molecule has 0 bridgehead atoms. The number of benzene rings is 2. The number of amides is 1. The van der Waals surface area contributed by atoms with Gasteiger partial charge in [0.2, 0.25) is 0 Å². The van der Waals surface area contributed by atoms with Crippen molar-refractivity contribution in [2.24, 2.45) is 0 Å². The van der Waals surface area contributed by atoms with Crippen LogP contribution in [0.15, 0.2) is 42.5 Å². The first kappa shape index (κ1) is 18.6. The molecule has 0 aliphatic rings. The quantitative estimate of drug-likeness (QED) is 0.825. The van der Waals surface area contributed by atoms with E-state index in [0.29, 0.717) is 0 Å². The number of rotatable bonds is 4. The number of aliphatic hydroxyl groups is 1. The lowest BCUT2D eigenvalue weighted by Gasteiger charge is -2.18. The average molecular weight is 378 g/mol. The smallest absolute Gasteiger partial charge is 0.387 e. The van der Waals surface area contributed by atoms with Crippen molar-refractivity contribution in [3.63, 3.8) is 0 Å². The molecule has 3 nitrogen and oxygen atoms in total. The van der Waals surface area contributed by atoms with Crippen LogP contribution in [0, 0.1) is 0 Å². The van der Waals surface area contributed by atoms with Crippen molar-refractivity contribution in [3.05, 3.63) is 69.2 Å². The number of hydrogen-bond acceptors (Lipinski definition) is 2. The molecule has 0 heterocycles. The van der Waals surface area contributed by atoms with Gasteiger partial charge in [0.25, 0.3) is 5.91 Å². The van der Waals surface area contributed by atoms with Crippen molar-refractivity contribution in [2.75, 3.05) is 6.54 Å². The van der Waals surface area contributed by atoms with Gasteiger partial charge in [-0.1, -0.05) is 41.4 Å². The van der Waals surface area contributed by atoms with E-state index in [4.69, 9.17) is 23.2 Å². The summed E-state index contributed by atoms with van der Waals surface area (Å²) in [5.41, 5.74) is -1.12. The summed E-state index contributed by atoms with van der Waals surface area (Å²) in [5, 5.41) is 12.9. The molecule has 1 atom stereocenters. The van der Waals surface area contributed by atoms with E-state index in [1.54, 1.807) is 0 Å².